The van der Waals surface area contributed by atoms with Crippen LogP contribution in [-0.4, -0.2) is 24.7 Å². The van der Waals surface area contributed by atoms with Gasteiger partial charge >= 0.3 is 0 Å². The third-order valence-electron chi connectivity index (χ3n) is 3.87. The molecule has 0 bridgehead atoms. The van der Waals surface area contributed by atoms with Gasteiger partial charge in [0.05, 0.1) is 10.7 Å². The minimum absolute atomic E-state index is 0.137. The Morgan fingerprint density at radius 2 is 2.17 bits per heavy atom. The molecule has 1 heterocycles. The zero-order valence-corrected chi connectivity index (χ0v) is 12.6. The molecule has 1 saturated heterocycles. The highest BCUT2D eigenvalue weighted by Gasteiger charge is 2.33. The summed E-state index contributed by atoms with van der Waals surface area (Å²) in [5.41, 5.74) is 1.18. The molecular formula is C14H20Cl2N2. The van der Waals surface area contributed by atoms with Gasteiger partial charge in [-0.25, -0.2) is 0 Å². The summed E-state index contributed by atoms with van der Waals surface area (Å²) in [6, 6.07) is 6.08. The first-order valence-electron chi connectivity index (χ1n) is 6.42. The molecular weight excluding hydrogens is 267 g/mol. The Hall–Kier alpha value is -0.440. The van der Waals surface area contributed by atoms with Gasteiger partial charge < -0.3 is 10.2 Å². The molecule has 1 aliphatic heterocycles. The summed E-state index contributed by atoms with van der Waals surface area (Å²) >= 11 is 12.4. The Labute approximate surface area is 119 Å². The van der Waals surface area contributed by atoms with Gasteiger partial charge in [-0.1, -0.05) is 30.1 Å². The van der Waals surface area contributed by atoms with Crippen LogP contribution >= 0.6 is 23.2 Å². The monoisotopic (exact) mass is 286 g/mol. The second kappa shape index (κ2) is 5.28. The van der Waals surface area contributed by atoms with Gasteiger partial charge in [0.25, 0.3) is 0 Å². The summed E-state index contributed by atoms with van der Waals surface area (Å²) in [7, 11) is 0. The standard InChI is InChI=1S/C14H20Cl2N2/c1-4-14(3)9-18(10(2)8-17-14)13-7-11(15)5-6-12(13)16/h5-7,10,17H,4,8-9H2,1-3H3. The molecule has 2 nitrogen and oxygen atoms in total. The topological polar surface area (TPSA) is 15.3 Å². The van der Waals surface area contributed by atoms with E-state index >= 15 is 0 Å². The number of rotatable bonds is 2. The highest BCUT2D eigenvalue weighted by Crippen LogP contribution is 2.33. The molecule has 0 radical (unpaired) electrons. The van der Waals surface area contributed by atoms with E-state index < -0.39 is 0 Å². The summed E-state index contributed by atoms with van der Waals surface area (Å²) in [4.78, 5) is 2.36. The smallest absolute Gasteiger partial charge is 0.0640 e. The normalized spacial score (nSPS) is 28.5. The number of nitrogens with zero attached hydrogens (tertiary/aromatic N) is 1. The van der Waals surface area contributed by atoms with Crippen LogP contribution in [0.5, 0.6) is 0 Å². The zero-order chi connectivity index (χ0) is 13.3. The highest BCUT2D eigenvalue weighted by atomic mass is 35.5. The molecule has 18 heavy (non-hydrogen) atoms. The van der Waals surface area contributed by atoms with Gasteiger partial charge in [0, 0.05) is 29.7 Å². The van der Waals surface area contributed by atoms with Crippen molar-refractivity contribution in [2.45, 2.75) is 38.8 Å². The van der Waals surface area contributed by atoms with Crippen molar-refractivity contribution in [2.75, 3.05) is 18.0 Å². The molecule has 1 aromatic rings. The third kappa shape index (κ3) is 2.76. The Morgan fingerprint density at radius 1 is 1.44 bits per heavy atom. The van der Waals surface area contributed by atoms with Crippen LogP contribution in [0.3, 0.4) is 0 Å². The molecule has 0 aromatic heterocycles. The van der Waals surface area contributed by atoms with Gasteiger partial charge in [0.2, 0.25) is 0 Å². The third-order valence-corrected chi connectivity index (χ3v) is 4.43. The lowest BCUT2D eigenvalue weighted by molar-refractivity contribution is 0.285. The molecule has 0 aliphatic carbocycles. The SMILES string of the molecule is CCC1(C)CN(c2cc(Cl)ccc2Cl)C(C)CN1. The van der Waals surface area contributed by atoms with Crippen LogP contribution < -0.4 is 10.2 Å². The lowest BCUT2D eigenvalue weighted by Gasteiger charge is -2.46. The number of anilines is 1. The van der Waals surface area contributed by atoms with Crippen LogP contribution in [0.2, 0.25) is 10.0 Å². The van der Waals surface area contributed by atoms with Crippen molar-refractivity contribution in [3.8, 4) is 0 Å². The fourth-order valence-electron chi connectivity index (χ4n) is 2.36. The van der Waals surface area contributed by atoms with Crippen molar-refractivity contribution in [2.24, 2.45) is 0 Å². The highest BCUT2D eigenvalue weighted by molar-refractivity contribution is 6.35. The first-order valence-corrected chi connectivity index (χ1v) is 7.17. The largest absolute Gasteiger partial charge is 0.364 e. The maximum Gasteiger partial charge on any atom is 0.0640 e. The van der Waals surface area contributed by atoms with Gasteiger partial charge in [-0.15, -0.1) is 0 Å². The minimum atomic E-state index is 0.137. The maximum absolute atomic E-state index is 6.31. The predicted octanol–water partition coefficient (Wildman–Crippen LogP) is 3.96. The molecule has 2 unspecified atom stereocenters. The van der Waals surface area contributed by atoms with E-state index in [1.165, 1.54) is 0 Å². The average Bonchev–Trinajstić information content (AvgIpc) is 2.36. The lowest BCUT2D eigenvalue weighted by Crippen LogP contribution is -2.62. The van der Waals surface area contributed by atoms with Gasteiger partial charge in [-0.2, -0.15) is 0 Å². The number of halogens is 2. The van der Waals surface area contributed by atoms with Crippen LogP contribution in [0.25, 0.3) is 0 Å². The van der Waals surface area contributed by atoms with Crippen molar-refractivity contribution in [3.05, 3.63) is 28.2 Å². The molecule has 1 aliphatic rings. The van der Waals surface area contributed by atoms with Crippen molar-refractivity contribution >= 4 is 28.9 Å². The van der Waals surface area contributed by atoms with Crippen LogP contribution in [0, 0.1) is 0 Å². The van der Waals surface area contributed by atoms with Crippen LogP contribution in [0.15, 0.2) is 18.2 Å². The van der Waals surface area contributed by atoms with Gasteiger partial charge in [-0.3, -0.25) is 0 Å². The van der Waals surface area contributed by atoms with Gasteiger partial charge in [-0.05, 0) is 38.5 Å². The van der Waals surface area contributed by atoms with E-state index in [0.29, 0.717) is 6.04 Å². The van der Waals surface area contributed by atoms with Gasteiger partial charge in [0.15, 0.2) is 0 Å². The average molecular weight is 287 g/mol. The molecule has 100 valence electrons. The minimum Gasteiger partial charge on any atom is -0.364 e. The zero-order valence-electron chi connectivity index (χ0n) is 11.1. The maximum atomic E-state index is 6.31. The van der Waals surface area contributed by atoms with Crippen LogP contribution in [-0.2, 0) is 0 Å². The second-order valence-electron chi connectivity index (χ2n) is 5.37. The van der Waals surface area contributed by atoms with E-state index in [2.05, 4.69) is 31.0 Å². The van der Waals surface area contributed by atoms with Gasteiger partial charge in [0.1, 0.15) is 0 Å². The second-order valence-corrected chi connectivity index (χ2v) is 6.21. The van der Waals surface area contributed by atoms with E-state index in [4.69, 9.17) is 23.2 Å². The Kier molecular flexibility index (Phi) is 4.10. The molecule has 2 rings (SSSR count). The number of hydrogen-bond donors (Lipinski definition) is 1. The molecule has 1 fully saturated rings. The fourth-order valence-corrected chi connectivity index (χ4v) is 2.75. The molecule has 1 aromatic carbocycles. The summed E-state index contributed by atoms with van der Waals surface area (Å²) < 4.78 is 0. The van der Waals surface area contributed by atoms with E-state index in [9.17, 15) is 0 Å². The Morgan fingerprint density at radius 3 is 2.83 bits per heavy atom. The molecule has 0 saturated carbocycles. The number of hydrogen-bond acceptors (Lipinski definition) is 2. The number of piperazine rings is 1. The van der Waals surface area contributed by atoms with Crippen molar-refractivity contribution in [1.29, 1.82) is 0 Å². The van der Waals surface area contributed by atoms with Crippen molar-refractivity contribution < 1.29 is 0 Å². The number of benzene rings is 1. The van der Waals surface area contributed by atoms with Crippen LogP contribution in [0.4, 0.5) is 5.69 Å². The molecule has 1 N–H and O–H groups in total. The molecule has 0 spiro atoms. The summed E-state index contributed by atoms with van der Waals surface area (Å²) in [5, 5.41) is 5.12. The fraction of sp³-hybridized carbons (Fsp3) is 0.571. The van der Waals surface area contributed by atoms with E-state index in [0.717, 1.165) is 35.2 Å². The molecule has 0 amide bonds. The predicted molar refractivity (Wildman–Crippen MR) is 80.0 cm³/mol. The Balaban J connectivity index is 2.32. The van der Waals surface area contributed by atoms with E-state index in [1.807, 2.05) is 18.2 Å². The molecule has 4 heteroatoms. The quantitative estimate of drug-likeness (QED) is 0.885. The first kappa shape index (κ1) is 14.0. The number of nitrogens with one attached hydrogen (secondary N) is 1. The molecule has 2 atom stereocenters. The van der Waals surface area contributed by atoms with Crippen molar-refractivity contribution in [1.82, 2.24) is 5.32 Å². The van der Waals surface area contributed by atoms with E-state index in [-0.39, 0.29) is 5.54 Å². The van der Waals surface area contributed by atoms with Crippen LogP contribution in [0.1, 0.15) is 27.2 Å². The summed E-state index contributed by atoms with van der Waals surface area (Å²) in [6.07, 6.45) is 1.09. The first-order chi connectivity index (χ1) is 8.45. The Bertz CT molecular complexity index is 436. The van der Waals surface area contributed by atoms with E-state index in [1.54, 1.807) is 0 Å². The summed E-state index contributed by atoms with van der Waals surface area (Å²) in [5.74, 6) is 0. The summed E-state index contributed by atoms with van der Waals surface area (Å²) in [6.45, 7) is 8.59. The van der Waals surface area contributed by atoms with Crippen molar-refractivity contribution in [3.63, 3.8) is 0 Å². The lowest BCUT2D eigenvalue weighted by atomic mass is 9.93.